The van der Waals surface area contributed by atoms with Gasteiger partial charge in [-0.2, -0.15) is 13.2 Å². The molecule has 2 N–H and O–H groups in total. The summed E-state index contributed by atoms with van der Waals surface area (Å²) in [5.41, 5.74) is 0.509. The van der Waals surface area contributed by atoms with Crippen molar-refractivity contribution >= 4 is 17.6 Å². The number of amides is 2. The lowest BCUT2D eigenvalue weighted by Crippen LogP contribution is -2.49. The largest absolute Gasteiger partial charge is 0.506 e. The zero-order valence-corrected chi connectivity index (χ0v) is 18.7. The third-order valence-electron chi connectivity index (χ3n) is 5.47. The molecule has 0 saturated carbocycles. The molecular formula is C23H20F4N6O3. The average molecular weight is 504 g/mol. The summed E-state index contributed by atoms with van der Waals surface area (Å²) in [4.78, 5) is 31.8. The molecule has 9 nitrogen and oxygen atoms in total. The van der Waals surface area contributed by atoms with Crippen molar-refractivity contribution in [1.82, 2.24) is 25.4 Å². The minimum atomic E-state index is -4.53. The Hall–Kier alpha value is -4.29. The van der Waals surface area contributed by atoms with Crippen molar-refractivity contribution in [2.24, 2.45) is 0 Å². The maximum absolute atomic E-state index is 14.7. The zero-order valence-electron chi connectivity index (χ0n) is 18.7. The molecule has 0 spiro atoms. The van der Waals surface area contributed by atoms with Crippen LogP contribution in [-0.2, 0) is 0 Å². The Bertz CT molecular complexity index is 1260. The first-order valence-electron chi connectivity index (χ1n) is 10.8. The van der Waals surface area contributed by atoms with Gasteiger partial charge in [-0.05, 0) is 30.3 Å². The fourth-order valence-electron chi connectivity index (χ4n) is 3.66. The number of pyridine rings is 1. The van der Waals surface area contributed by atoms with E-state index in [1.54, 1.807) is 10.2 Å². The Labute approximate surface area is 202 Å². The van der Waals surface area contributed by atoms with Crippen molar-refractivity contribution in [3.8, 4) is 16.9 Å². The Morgan fingerprint density at radius 1 is 1.00 bits per heavy atom. The van der Waals surface area contributed by atoms with Crippen molar-refractivity contribution in [3.05, 3.63) is 65.9 Å². The van der Waals surface area contributed by atoms with E-state index in [2.05, 4.69) is 15.2 Å². The van der Waals surface area contributed by atoms with Gasteiger partial charge in [0.25, 0.3) is 11.8 Å². The monoisotopic (exact) mass is 504 g/mol. The van der Waals surface area contributed by atoms with E-state index in [-0.39, 0.29) is 28.5 Å². The Morgan fingerprint density at radius 3 is 2.36 bits per heavy atom. The number of halogens is 4. The van der Waals surface area contributed by atoms with Crippen molar-refractivity contribution in [3.63, 3.8) is 0 Å². The second-order valence-corrected chi connectivity index (χ2v) is 7.98. The van der Waals surface area contributed by atoms with E-state index in [4.69, 9.17) is 0 Å². The van der Waals surface area contributed by atoms with Crippen LogP contribution in [-0.4, -0.2) is 75.9 Å². The molecule has 188 valence electrons. The highest BCUT2D eigenvalue weighted by molar-refractivity contribution is 5.95. The van der Waals surface area contributed by atoms with Crippen molar-refractivity contribution in [1.29, 1.82) is 0 Å². The molecule has 2 amide bonds. The van der Waals surface area contributed by atoms with Crippen LogP contribution in [0.3, 0.4) is 0 Å². The van der Waals surface area contributed by atoms with Gasteiger partial charge in [-0.25, -0.2) is 4.39 Å². The molecule has 2 aromatic heterocycles. The fourth-order valence-corrected chi connectivity index (χ4v) is 3.66. The highest BCUT2D eigenvalue weighted by Gasteiger charge is 2.28. The molecule has 4 rings (SSSR count). The number of nitrogens with one attached hydrogen (secondary N) is 1. The summed E-state index contributed by atoms with van der Waals surface area (Å²) in [6.45, 7) is -0.0710. The van der Waals surface area contributed by atoms with Crippen molar-refractivity contribution < 1.29 is 32.3 Å². The SMILES string of the molecule is O=C(NCC(F)(F)F)c1ccc(N2CCN(C(=O)c3ccc(-c4cncc(O)c4)c(F)c3)CC2)nn1. The molecule has 13 heteroatoms. The number of hydrogen-bond acceptors (Lipinski definition) is 7. The Balaban J connectivity index is 1.35. The summed E-state index contributed by atoms with van der Waals surface area (Å²) in [7, 11) is 0. The van der Waals surface area contributed by atoms with E-state index in [1.165, 1.54) is 42.7 Å². The molecule has 36 heavy (non-hydrogen) atoms. The van der Waals surface area contributed by atoms with E-state index in [0.717, 1.165) is 6.07 Å². The van der Waals surface area contributed by atoms with E-state index >= 15 is 0 Å². The summed E-state index contributed by atoms with van der Waals surface area (Å²) in [5.74, 6) is -1.66. The number of anilines is 1. The van der Waals surface area contributed by atoms with E-state index in [1.807, 2.05) is 4.90 Å². The predicted octanol–water partition coefficient (Wildman–Crippen LogP) is 2.64. The normalized spacial score (nSPS) is 14.0. The summed E-state index contributed by atoms with van der Waals surface area (Å²) in [6.07, 6.45) is -1.89. The van der Waals surface area contributed by atoms with Gasteiger partial charge in [0.1, 0.15) is 18.1 Å². The molecule has 0 unspecified atom stereocenters. The minimum absolute atomic E-state index is 0.103. The summed E-state index contributed by atoms with van der Waals surface area (Å²) >= 11 is 0. The molecule has 3 aromatic rings. The Morgan fingerprint density at radius 2 is 1.75 bits per heavy atom. The lowest BCUT2D eigenvalue weighted by Gasteiger charge is -2.35. The van der Waals surface area contributed by atoms with Crippen molar-refractivity contribution in [2.75, 3.05) is 37.6 Å². The van der Waals surface area contributed by atoms with E-state index in [9.17, 15) is 32.3 Å². The average Bonchev–Trinajstić information content (AvgIpc) is 2.86. The highest BCUT2D eigenvalue weighted by atomic mass is 19.4. The number of rotatable bonds is 5. The van der Waals surface area contributed by atoms with Gasteiger partial charge < -0.3 is 20.2 Å². The number of carbonyl (C=O) groups excluding carboxylic acids is 2. The van der Waals surface area contributed by atoms with Crippen LogP contribution in [0.2, 0.25) is 0 Å². The summed E-state index contributed by atoms with van der Waals surface area (Å²) < 4.78 is 51.4. The number of alkyl halides is 3. The number of carbonyl (C=O) groups is 2. The minimum Gasteiger partial charge on any atom is -0.506 e. The maximum Gasteiger partial charge on any atom is 0.405 e. The molecule has 0 bridgehead atoms. The van der Waals surface area contributed by atoms with Crippen molar-refractivity contribution in [2.45, 2.75) is 6.18 Å². The topological polar surface area (TPSA) is 112 Å². The number of benzene rings is 1. The van der Waals surface area contributed by atoms with Gasteiger partial charge in [-0.15, -0.1) is 10.2 Å². The molecule has 1 aliphatic rings. The quantitative estimate of drug-likeness (QED) is 0.514. The fraction of sp³-hybridized carbons (Fsp3) is 0.261. The lowest BCUT2D eigenvalue weighted by molar-refractivity contribution is -0.123. The smallest absolute Gasteiger partial charge is 0.405 e. The molecule has 1 aliphatic heterocycles. The van der Waals surface area contributed by atoms with Crippen LogP contribution in [0.15, 0.2) is 48.8 Å². The predicted molar refractivity (Wildman–Crippen MR) is 120 cm³/mol. The van der Waals surface area contributed by atoms with Crippen LogP contribution in [0.1, 0.15) is 20.8 Å². The standard InChI is InChI=1S/C23H20F4N6O3/c24-18-10-14(1-2-17(18)15-9-16(34)12-28-11-15)22(36)33-7-5-32(6-8-33)20-4-3-19(30-31-20)21(35)29-13-23(25,26)27/h1-4,9-12,34H,5-8,13H2,(H,29,35). The molecular weight excluding hydrogens is 484 g/mol. The van der Waals surface area contributed by atoms with E-state index < -0.39 is 24.4 Å². The molecule has 1 saturated heterocycles. The van der Waals surface area contributed by atoms with E-state index in [0.29, 0.717) is 37.6 Å². The van der Waals surface area contributed by atoms with Gasteiger partial charge in [-0.1, -0.05) is 6.07 Å². The van der Waals surface area contributed by atoms with Crippen LogP contribution < -0.4 is 10.2 Å². The third-order valence-corrected chi connectivity index (χ3v) is 5.47. The van der Waals surface area contributed by atoms with Gasteiger partial charge in [0.05, 0.1) is 6.20 Å². The number of piperazine rings is 1. The van der Waals surface area contributed by atoms with Crippen LogP contribution in [0, 0.1) is 5.82 Å². The van der Waals surface area contributed by atoms with Gasteiger partial charge >= 0.3 is 6.18 Å². The number of hydrogen-bond donors (Lipinski definition) is 2. The van der Waals surface area contributed by atoms with Crippen LogP contribution in [0.5, 0.6) is 5.75 Å². The van der Waals surface area contributed by atoms with Gasteiger partial charge in [0.2, 0.25) is 0 Å². The Kier molecular flexibility index (Phi) is 6.99. The first-order valence-corrected chi connectivity index (χ1v) is 10.8. The second kappa shape index (κ2) is 10.1. The number of aromatic hydroxyl groups is 1. The lowest BCUT2D eigenvalue weighted by atomic mass is 10.0. The molecule has 0 radical (unpaired) electrons. The molecule has 0 atom stereocenters. The first kappa shape index (κ1) is 24.8. The van der Waals surface area contributed by atoms with Crippen LogP contribution in [0.25, 0.3) is 11.1 Å². The van der Waals surface area contributed by atoms with Crippen LogP contribution in [0.4, 0.5) is 23.4 Å². The summed E-state index contributed by atoms with van der Waals surface area (Å²) in [5, 5.41) is 18.9. The zero-order chi connectivity index (χ0) is 25.9. The van der Waals surface area contributed by atoms with Gasteiger partial charge in [-0.3, -0.25) is 14.6 Å². The van der Waals surface area contributed by atoms with Gasteiger partial charge in [0.15, 0.2) is 11.5 Å². The third kappa shape index (κ3) is 5.85. The molecule has 0 aliphatic carbocycles. The van der Waals surface area contributed by atoms with Gasteiger partial charge in [0, 0.05) is 49.1 Å². The molecule has 3 heterocycles. The summed E-state index contributed by atoms with van der Waals surface area (Å²) in [6, 6.07) is 8.22. The molecule has 1 aromatic carbocycles. The number of aromatic nitrogens is 3. The molecule has 1 fully saturated rings. The maximum atomic E-state index is 14.7. The highest BCUT2D eigenvalue weighted by Crippen LogP contribution is 2.26. The number of nitrogens with zero attached hydrogens (tertiary/aromatic N) is 5. The van der Waals surface area contributed by atoms with Crippen LogP contribution >= 0.6 is 0 Å². The second-order valence-electron chi connectivity index (χ2n) is 7.98. The first-order chi connectivity index (χ1) is 17.1.